The fourth-order valence-corrected chi connectivity index (χ4v) is 3.29. The van der Waals surface area contributed by atoms with Gasteiger partial charge in [0.2, 0.25) is 10.0 Å². The van der Waals surface area contributed by atoms with Crippen molar-refractivity contribution in [1.82, 2.24) is 14.9 Å². The fraction of sp³-hybridized carbons (Fsp3) is 0.222. The number of nitrogens with zero attached hydrogens (tertiary/aromatic N) is 2. The average Bonchev–Trinajstić information content (AvgIpc) is 2.60. The van der Waals surface area contributed by atoms with E-state index in [0.717, 1.165) is 5.56 Å². The van der Waals surface area contributed by atoms with E-state index in [1.807, 2.05) is 31.0 Å². The van der Waals surface area contributed by atoms with Gasteiger partial charge in [0.05, 0.1) is 22.3 Å². The third-order valence-corrected chi connectivity index (χ3v) is 5.34. The molecule has 3 N–H and O–H groups in total. The van der Waals surface area contributed by atoms with Gasteiger partial charge in [-0.1, -0.05) is 24.3 Å². The number of H-pyrrole nitrogens is 1. The van der Waals surface area contributed by atoms with Crippen LogP contribution < -0.4 is 10.7 Å². The van der Waals surface area contributed by atoms with Gasteiger partial charge < -0.3 is 4.98 Å². The van der Waals surface area contributed by atoms with Crippen LogP contribution in [0.5, 0.6) is 0 Å². The molecule has 1 aromatic heterocycles. The largest absolute Gasteiger partial charge is 0.309 e. The van der Waals surface area contributed by atoms with Gasteiger partial charge in [-0.05, 0) is 43.8 Å². The normalized spacial score (nSPS) is 13.2. The molecular weight excluding hydrogens is 352 g/mol. The number of benzene rings is 2. The number of nitrogens with two attached hydrogens (primary N) is 1. The highest BCUT2D eigenvalue weighted by molar-refractivity contribution is 7.89. The van der Waals surface area contributed by atoms with Crippen molar-refractivity contribution in [2.75, 3.05) is 7.05 Å². The van der Waals surface area contributed by atoms with Crippen molar-refractivity contribution >= 4 is 20.9 Å². The fourth-order valence-electron chi connectivity index (χ4n) is 2.77. The van der Waals surface area contributed by atoms with Crippen molar-refractivity contribution in [3.8, 4) is 0 Å². The van der Waals surface area contributed by atoms with Crippen LogP contribution in [0.15, 0.2) is 58.2 Å². The van der Waals surface area contributed by atoms with Crippen LogP contribution in [0.1, 0.15) is 24.4 Å². The van der Waals surface area contributed by atoms with Crippen molar-refractivity contribution in [2.24, 2.45) is 5.14 Å². The molecule has 0 aliphatic heterocycles. The van der Waals surface area contributed by atoms with E-state index in [4.69, 9.17) is 5.14 Å². The van der Waals surface area contributed by atoms with E-state index in [9.17, 15) is 13.2 Å². The van der Waals surface area contributed by atoms with Gasteiger partial charge >= 0.3 is 0 Å². The summed E-state index contributed by atoms with van der Waals surface area (Å²) in [6.45, 7) is 2.43. The number of rotatable bonds is 5. The zero-order valence-electron chi connectivity index (χ0n) is 14.5. The lowest BCUT2D eigenvalue weighted by atomic mass is 10.1. The van der Waals surface area contributed by atoms with Crippen LogP contribution in [0.4, 0.5) is 0 Å². The maximum atomic E-state index is 12.2. The molecule has 0 saturated carbocycles. The van der Waals surface area contributed by atoms with E-state index in [0.29, 0.717) is 23.3 Å². The van der Waals surface area contributed by atoms with Crippen molar-refractivity contribution in [3.63, 3.8) is 0 Å². The zero-order chi connectivity index (χ0) is 18.9. The summed E-state index contributed by atoms with van der Waals surface area (Å²) >= 11 is 0. The molecule has 0 fully saturated rings. The lowest BCUT2D eigenvalue weighted by Gasteiger charge is -2.24. The van der Waals surface area contributed by atoms with Crippen molar-refractivity contribution < 1.29 is 8.42 Å². The number of aromatic amines is 1. The first-order valence-corrected chi connectivity index (χ1v) is 9.61. The Morgan fingerprint density at radius 2 is 1.81 bits per heavy atom. The summed E-state index contributed by atoms with van der Waals surface area (Å²) in [5.74, 6) is 0.573. The SMILES string of the molecule is CC(c1ccc(S(N)(=O)=O)cc1)N(C)Cc1nc2ccccc2c(=O)[nH]1. The Labute approximate surface area is 151 Å². The minimum Gasteiger partial charge on any atom is -0.309 e. The van der Waals surface area contributed by atoms with E-state index in [1.165, 1.54) is 12.1 Å². The number of hydrogen-bond donors (Lipinski definition) is 2. The van der Waals surface area contributed by atoms with Crippen LogP contribution in [-0.4, -0.2) is 30.3 Å². The molecule has 26 heavy (non-hydrogen) atoms. The molecule has 1 heterocycles. The molecule has 1 atom stereocenters. The molecule has 0 radical (unpaired) electrons. The molecule has 3 rings (SSSR count). The van der Waals surface area contributed by atoms with Gasteiger partial charge in [0.1, 0.15) is 5.82 Å². The Morgan fingerprint density at radius 3 is 2.46 bits per heavy atom. The topological polar surface area (TPSA) is 109 Å². The number of fused-ring (bicyclic) bond motifs is 1. The van der Waals surface area contributed by atoms with E-state index < -0.39 is 10.0 Å². The van der Waals surface area contributed by atoms with Crippen molar-refractivity contribution in [1.29, 1.82) is 0 Å². The van der Waals surface area contributed by atoms with E-state index in [-0.39, 0.29) is 16.5 Å². The third-order valence-electron chi connectivity index (χ3n) is 4.41. The number of hydrogen-bond acceptors (Lipinski definition) is 5. The lowest BCUT2D eigenvalue weighted by molar-refractivity contribution is 0.247. The summed E-state index contributed by atoms with van der Waals surface area (Å²) in [5.41, 5.74) is 1.43. The van der Waals surface area contributed by atoms with Crippen LogP contribution in [0, 0.1) is 0 Å². The third kappa shape index (κ3) is 3.82. The minimum absolute atomic E-state index is 0.0127. The highest BCUT2D eigenvalue weighted by Crippen LogP contribution is 2.21. The first-order chi connectivity index (χ1) is 12.3. The molecule has 2 aromatic carbocycles. The van der Waals surface area contributed by atoms with E-state index in [2.05, 4.69) is 9.97 Å². The molecule has 0 aliphatic rings. The second kappa shape index (κ2) is 6.99. The molecular formula is C18H20N4O3S. The van der Waals surface area contributed by atoms with Crippen LogP contribution in [-0.2, 0) is 16.6 Å². The molecule has 0 bridgehead atoms. The first-order valence-electron chi connectivity index (χ1n) is 8.06. The summed E-state index contributed by atoms with van der Waals surface area (Å²) in [5, 5.41) is 5.68. The number of para-hydroxylation sites is 1. The maximum absolute atomic E-state index is 12.2. The number of aromatic nitrogens is 2. The predicted molar refractivity (Wildman–Crippen MR) is 100 cm³/mol. The molecule has 0 aliphatic carbocycles. The quantitative estimate of drug-likeness (QED) is 0.709. The van der Waals surface area contributed by atoms with Crippen LogP contribution >= 0.6 is 0 Å². The zero-order valence-corrected chi connectivity index (χ0v) is 15.3. The highest BCUT2D eigenvalue weighted by Gasteiger charge is 2.15. The monoisotopic (exact) mass is 372 g/mol. The molecule has 3 aromatic rings. The summed E-state index contributed by atoms with van der Waals surface area (Å²) in [7, 11) is -1.79. The molecule has 0 spiro atoms. The highest BCUT2D eigenvalue weighted by atomic mass is 32.2. The predicted octanol–water partition coefficient (Wildman–Crippen LogP) is 1.76. The molecule has 7 nitrogen and oxygen atoms in total. The standard InChI is InChI=1S/C18H20N4O3S/c1-12(13-7-9-14(10-8-13)26(19,24)25)22(2)11-17-20-16-6-4-3-5-15(16)18(23)21-17/h3-10,12H,11H2,1-2H3,(H2,19,24,25)(H,20,21,23). The smallest absolute Gasteiger partial charge is 0.258 e. The summed E-state index contributed by atoms with van der Waals surface area (Å²) in [4.78, 5) is 21.6. The second-order valence-corrected chi connectivity index (χ2v) is 7.80. The van der Waals surface area contributed by atoms with Gasteiger partial charge in [0, 0.05) is 6.04 Å². The van der Waals surface area contributed by atoms with Gasteiger partial charge in [0.25, 0.3) is 5.56 Å². The molecule has 1 unspecified atom stereocenters. The molecule has 136 valence electrons. The van der Waals surface area contributed by atoms with E-state index in [1.54, 1.807) is 24.3 Å². The Morgan fingerprint density at radius 1 is 1.15 bits per heavy atom. The second-order valence-electron chi connectivity index (χ2n) is 6.23. The maximum Gasteiger partial charge on any atom is 0.258 e. The van der Waals surface area contributed by atoms with E-state index >= 15 is 0 Å². The van der Waals surface area contributed by atoms with Gasteiger partial charge in [-0.2, -0.15) is 0 Å². The molecule has 8 heteroatoms. The summed E-state index contributed by atoms with van der Waals surface area (Å²) < 4.78 is 22.7. The summed E-state index contributed by atoms with van der Waals surface area (Å²) in [6.07, 6.45) is 0. The minimum atomic E-state index is -3.70. The number of primary sulfonamides is 1. The van der Waals surface area contributed by atoms with Gasteiger partial charge in [0.15, 0.2) is 0 Å². The summed E-state index contributed by atoms with van der Waals surface area (Å²) in [6, 6.07) is 13.6. The van der Waals surface area contributed by atoms with Gasteiger partial charge in [-0.3, -0.25) is 9.69 Å². The molecule has 0 amide bonds. The number of nitrogens with one attached hydrogen (secondary N) is 1. The van der Waals surface area contributed by atoms with Crippen LogP contribution in [0.3, 0.4) is 0 Å². The van der Waals surface area contributed by atoms with Gasteiger partial charge in [-0.15, -0.1) is 0 Å². The van der Waals surface area contributed by atoms with Crippen LogP contribution in [0.25, 0.3) is 10.9 Å². The molecule has 0 saturated heterocycles. The first kappa shape index (κ1) is 18.2. The van der Waals surface area contributed by atoms with Gasteiger partial charge in [-0.25, -0.2) is 18.5 Å². The lowest BCUT2D eigenvalue weighted by Crippen LogP contribution is -2.25. The number of sulfonamides is 1. The Balaban J connectivity index is 1.81. The Kier molecular flexibility index (Phi) is 4.90. The average molecular weight is 372 g/mol. The Hall–Kier alpha value is -2.55. The van der Waals surface area contributed by atoms with Crippen molar-refractivity contribution in [2.45, 2.75) is 24.4 Å². The van der Waals surface area contributed by atoms with Crippen molar-refractivity contribution in [3.05, 3.63) is 70.3 Å². The van der Waals surface area contributed by atoms with Crippen LogP contribution in [0.2, 0.25) is 0 Å². The Bertz CT molecular complexity index is 1090.